The fraction of sp³-hybridized carbons (Fsp3) is 0.522. The van der Waals surface area contributed by atoms with Crippen LogP contribution in [0.5, 0.6) is 5.75 Å². The van der Waals surface area contributed by atoms with Crippen LogP contribution in [-0.4, -0.2) is 105 Å². The van der Waals surface area contributed by atoms with Gasteiger partial charge in [0.25, 0.3) is 0 Å². The lowest BCUT2D eigenvalue weighted by Gasteiger charge is -2.38. The van der Waals surface area contributed by atoms with Gasteiger partial charge in [-0.1, -0.05) is 0 Å². The van der Waals surface area contributed by atoms with Crippen LogP contribution in [0.15, 0.2) is 47.7 Å². The monoisotopic (exact) mass is 566 g/mol. The summed E-state index contributed by atoms with van der Waals surface area (Å²) in [5, 5.41) is 3.56. The molecule has 0 saturated carbocycles. The Kier molecular flexibility index (Phi) is 9.79. The molecule has 1 aromatic carbocycles. The summed E-state index contributed by atoms with van der Waals surface area (Å²) in [7, 11) is 3.57. The highest BCUT2D eigenvalue weighted by Crippen LogP contribution is 2.20. The molecule has 2 aliphatic rings. The largest absolute Gasteiger partial charge is 0.497 e. The first-order valence-electron chi connectivity index (χ1n) is 11.4. The Hall–Kier alpha value is -2.34. The van der Waals surface area contributed by atoms with Crippen LogP contribution in [0.1, 0.15) is 0 Å². The topological polar surface area (TPSA) is 72.4 Å². The fourth-order valence-corrected chi connectivity index (χ4v) is 4.25. The maximum absolute atomic E-state index is 5.26. The summed E-state index contributed by atoms with van der Waals surface area (Å²) in [5.74, 6) is 2.72. The second kappa shape index (κ2) is 12.8. The molecule has 33 heavy (non-hydrogen) atoms. The number of aliphatic imine (C=N–C) groups is 1. The first-order valence-corrected chi connectivity index (χ1v) is 11.4. The van der Waals surface area contributed by atoms with Crippen molar-refractivity contribution in [2.24, 2.45) is 4.99 Å². The SMILES string of the molecule is CN=C(NCCN1CCN(c2ncccn2)CC1)N1CCN(c2ccc(OC)cc2)CC1.I. The number of hydrogen-bond donors (Lipinski definition) is 1. The van der Waals surface area contributed by atoms with Gasteiger partial charge in [0.15, 0.2) is 5.96 Å². The van der Waals surface area contributed by atoms with E-state index in [1.54, 1.807) is 19.5 Å². The molecule has 3 heterocycles. The van der Waals surface area contributed by atoms with Crippen LogP contribution in [0, 0.1) is 0 Å². The van der Waals surface area contributed by atoms with E-state index in [0.717, 1.165) is 83.1 Å². The summed E-state index contributed by atoms with van der Waals surface area (Å²) >= 11 is 0. The molecule has 1 aromatic heterocycles. The number of guanidine groups is 1. The minimum Gasteiger partial charge on any atom is -0.497 e. The van der Waals surface area contributed by atoms with Crippen LogP contribution in [-0.2, 0) is 0 Å². The Bertz CT molecular complexity index is 851. The van der Waals surface area contributed by atoms with Gasteiger partial charge in [0.05, 0.1) is 7.11 Å². The van der Waals surface area contributed by atoms with E-state index in [1.165, 1.54) is 5.69 Å². The van der Waals surface area contributed by atoms with Gasteiger partial charge in [0, 0.05) is 90.6 Å². The number of nitrogens with one attached hydrogen (secondary N) is 1. The smallest absolute Gasteiger partial charge is 0.225 e. The Morgan fingerprint density at radius 1 is 0.939 bits per heavy atom. The molecule has 4 rings (SSSR count). The van der Waals surface area contributed by atoms with Crippen molar-refractivity contribution in [2.75, 3.05) is 89.4 Å². The van der Waals surface area contributed by atoms with E-state index in [4.69, 9.17) is 4.74 Å². The predicted molar refractivity (Wildman–Crippen MR) is 144 cm³/mol. The van der Waals surface area contributed by atoms with E-state index < -0.39 is 0 Å². The van der Waals surface area contributed by atoms with Gasteiger partial charge >= 0.3 is 0 Å². The number of benzene rings is 1. The lowest BCUT2D eigenvalue weighted by atomic mass is 10.2. The van der Waals surface area contributed by atoms with Crippen LogP contribution in [0.3, 0.4) is 0 Å². The highest BCUT2D eigenvalue weighted by molar-refractivity contribution is 14.0. The third-order valence-electron chi connectivity index (χ3n) is 6.15. The van der Waals surface area contributed by atoms with Crippen molar-refractivity contribution in [3.8, 4) is 5.75 Å². The molecule has 1 N–H and O–H groups in total. The summed E-state index contributed by atoms with van der Waals surface area (Å²) in [6, 6.07) is 10.2. The lowest BCUT2D eigenvalue weighted by Crippen LogP contribution is -2.54. The molecule has 2 fully saturated rings. The zero-order valence-corrected chi connectivity index (χ0v) is 21.9. The van der Waals surface area contributed by atoms with Crippen molar-refractivity contribution in [3.05, 3.63) is 42.7 Å². The zero-order chi connectivity index (χ0) is 22.2. The molecule has 2 aromatic rings. The van der Waals surface area contributed by atoms with Gasteiger partial charge in [0.2, 0.25) is 5.95 Å². The van der Waals surface area contributed by atoms with Gasteiger partial charge in [-0.05, 0) is 30.3 Å². The van der Waals surface area contributed by atoms with E-state index in [-0.39, 0.29) is 24.0 Å². The van der Waals surface area contributed by atoms with Crippen molar-refractivity contribution in [2.45, 2.75) is 0 Å². The van der Waals surface area contributed by atoms with Gasteiger partial charge in [-0.3, -0.25) is 9.89 Å². The Balaban J connectivity index is 0.00000306. The summed E-state index contributed by atoms with van der Waals surface area (Å²) in [6.45, 7) is 9.77. The van der Waals surface area contributed by atoms with E-state index in [1.807, 2.05) is 25.2 Å². The summed E-state index contributed by atoms with van der Waals surface area (Å²) in [4.78, 5) is 22.8. The molecule has 2 aliphatic heterocycles. The van der Waals surface area contributed by atoms with Gasteiger partial charge in [-0.2, -0.15) is 0 Å². The number of methoxy groups -OCH3 is 1. The third kappa shape index (κ3) is 6.83. The number of ether oxygens (including phenoxy) is 1. The standard InChI is InChI=1S/C23H34N8O.HI/c1-24-22(30-18-16-29(17-19-30)20-4-6-21(32-2)7-5-20)27-10-11-28-12-14-31(15-13-28)23-25-8-3-9-26-23;/h3-9H,10-19H2,1-2H3,(H,24,27);1H. The zero-order valence-electron chi connectivity index (χ0n) is 19.6. The number of nitrogens with zero attached hydrogens (tertiary/aromatic N) is 7. The van der Waals surface area contributed by atoms with E-state index in [2.05, 4.69) is 52.0 Å². The molecule has 10 heteroatoms. The molecule has 0 unspecified atom stereocenters. The van der Waals surface area contributed by atoms with E-state index >= 15 is 0 Å². The highest BCUT2D eigenvalue weighted by Gasteiger charge is 2.21. The number of aromatic nitrogens is 2. The van der Waals surface area contributed by atoms with Crippen molar-refractivity contribution in [1.82, 2.24) is 25.1 Å². The Labute approximate surface area is 213 Å². The molecule has 2 saturated heterocycles. The number of halogens is 1. The minimum absolute atomic E-state index is 0. The van der Waals surface area contributed by atoms with Crippen molar-refractivity contribution >= 4 is 41.6 Å². The average Bonchev–Trinajstić information content (AvgIpc) is 2.88. The number of rotatable bonds is 6. The Morgan fingerprint density at radius 2 is 1.58 bits per heavy atom. The summed E-state index contributed by atoms with van der Waals surface area (Å²) < 4.78 is 5.26. The van der Waals surface area contributed by atoms with Gasteiger partial charge in [0.1, 0.15) is 5.75 Å². The van der Waals surface area contributed by atoms with Crippen LogP contribution in [0.4, 0.5) is 11.6 Å². The number of piperazine rings is 2. The molecule has 0 bridgehead atoms. The normalized spacial score (nSPS) is 17.5. The molecule has 9 nitrogen and oxygen atoms in total. The molecule has 0 amide bonds. The first-order chi connectivity index (χ1) is 15.8. The van der Waals surface area contributed by atoms with Crippen molar-refractivity contribution in [3.63, 3.8) is 0 Å². The quantitative estimate of drug-likeness (QED) is 0.322. The van der Waals surface area contributed by atoms with Crippen LogP contribution >= 0.6 is 24.0 Å². The molecule has 0 atom stereocenters. The average molecular weight is 566 g/mol. The summed E-state index contributed by atoms with van der Waals surface area (Å²) in [5.41, 5.74) is 1.24. The van der Waals surface area contributed by atoms with Gasteiger partial charge < -0.3 is 24.8 Å². The number of hydrogen-bond acceptors (Lipinski definition) is 7. The third-order valence-corrected chi connectivity index (χ3v) is 6.15. The second-order valence-corrected chi connectivity index (χ2v) is 8.02. The fourth-order valence-electron chi connectivity index (χ4n) is 4.25. The maximum atomic E-state index is 5.26. The van der Waals surface area contributed by atoms with Gasteiger partial charge in [-0.25, -0.2) is 9.97 Å². The molecule has 0 radical (unpaired) electrons. The minimum atomic E-state index is 0. The van der Waals surface area contributed by atoms with Crippen molar-refractivity contribution in [1.29, 1.82) is 0 Å². The van der Waals surface area contributed by atoms with Crippen molar-refractivity contribution < 1.29 is 4.74 Å². The molecule has 0 spiro atoms. The van der Waals surface area contributed by atoms with Crippen LogP contribution < -0.4 is 19.9 Å². The lowest BCUT2D eigenvalue weighted by molar-refractivity contribution is 0.258. The first kappa shape index (κ1) is 25.3. The van der Waals surface area contributed by atoms with Crippen LogP contribution in [0.25, 0.3) is 0 Å². The maximum Gasteiger partial charge on any atom is 0.225 e. The van der Waals surface area contributed by atoms with E-state index in [9.17, 15) is 0 Å². The van der Waals surface area contributed by atoms with Gasteiger partial charge in [-0.15, -0.1) is 24.0 Å². The second-order valence-electron chi connectivity index (χ2n) is 8.02. The molecular weight excluding hydrogens is 531 g/mol. The molecule has 0 aliphatic carbocycles. The van der Waals surface area contributed by atoms with E-state index in [0.29, 0.717) is 0 Å². The van der Waals surface area contributed by atoms with Crippen LogP contribution in [0.2, 0.25) is 0 Å². The molecule has 180 valence electrons. The molecular formula is C23H35IN8O. The Morgan fingerprint density at radius 3 is 2.18 bits per heavy atom. The predicted octanol–water partition coefficient (Wildman–Crippen LogP) is 1.62. The highest BCUT2D eigenvalue weighted by atomic mass is 127. The summed E-state index contributed by atoms with van der Waals surface area (Å²) in [6.07, 6.45) is 3.61. The number of anilines is 2.